The summed E-state index contributed by atoms with van der Waals surface area (Å²) in [5.74, 6) is 0.988. The average molecular weight is 551 g/mol. The Balaban J connectivity index is 1.08. The van der Waals surface area contributed by atoms with Gasteiger partial charge in [0.05, 0.1) is 42.8 Å². The van der Waals surface area contributed by atoms with Gasteiger partial charge in [0.25, 0.3) is 5.56 Å². The van der Waals surface area contributed by atoms with Crippen LogP contribution in [-0.4, -0.2) is 77.3 Å². The number of methoxy groups -OCH3 is 1. The van der Waals surface area contributed by atoms with E-state index in [1.54, 1.807) is 22.6 Å². The van der Waals surface area contributed by atoms with Crippen molar-refractivity contribution >= 4 is 46.0 Å². The molecule has 2 fully saturated rings. The van der Waals surface area contributed by atoms with Gasteiger partial charge in [0.15, 0.2) is 0 Å². The number of aliphatic hydroxyl groups is 1. The van der Waals surface area contributed by atoms with Crippen molar-refractivity contribution in [2.24, 2.45) is 0 Å². The molecule has 0 saturated carbocycles. The summed E-state index contributed by atoms with van der Waals surface area (Å²) in [6, 6.07) is 14.5. The summed E-state index contributed by atoms with van der Waals surface area (Å²) in [6.45, 7) is 2.37. The van der Waals surface area contributed by atoms with Gasteiger partial charge < -0.3 is 29.4 Å². The SMILES string of the molecule is COc1ccc2ccc(=O)n(C[C@]3(O)CCN(CC[C@@H]4CN(c5ccc6c(c5)NC(=O)CS6)C(=O)O4)C3)c2c1. The zero-order valence-corrected chi connectivity index (χ0v) is 22.4. The van der Waals surface area contributed by atoms with E-state index in [2.05, 4.69) is 10.2 Å². The van der Waals surface area contributed by atoms with E-state index in [1.807, 2.05) is 36.4 Å². The van der Waals surface area contributed by atoms with Crippen LogP contribution in [0.25, 0.3) is 10.9 Å². The topological polar surface area (TPSA) is 113 Å². The summed E-state index contributed by atoms with van der Waals surface area (Å²) < 4.78 is 12.6. The lowest BCUT2D eigenvalue weighted by atomic mass is 10.0. The molecule has 2 amide bonds. The maximum Gasteiger partial charge on any atom is 0.414 e. The van der Waals surface area contributed by atoms with Crippen LogP contribution in [0.5, 0.6) is 5.75 Å². The number of ether oxygens (including phenoxy) is 2. The summed E-state index contributed by atoms with van der Waals surface area (Å²) in [6.07, 6.45) is 0.481. The first-order valence-corrected chi connectivity index (χ1v) is 14.0. The zero-order chi connectivity index (χ0) is 27.1. The molecular formula is C28H30N4O6S. The average Bonchev–Trinajstić information content (AvgIpc) is 3.50. The van der Waals surface area contributed by atoms with Gasteiger partial charge >= 0.3 is 6.09 Å². The van der Waals surface area contributed by atoms with Gasteiger partial charge in [-0.05, 0) is 54.6 Å². The largest absolute Gasteiger partial charge is 0.497 e. The smallest absolute Gasteiger partial charge is 0.414 e. The number of hydrogen-bond donors (Lipinski definition) is 2. The molecule has 0 unspecified atom stereocenters. The molecule has 0 spiro atoms. The molecule has 2 saturated heterocycles. The summed E-state index contributed by atoms with van der Waals surface area (Å²) in [5, 5.41) is 15.2. The number of anilines is 2. The van der Waals surface area contributed by atoms with Crippen LogP contribution < -0.4 is 20.5 Å². The highest BCUT2D eigenvalue weighted by atomic mass is 32.2. The van der Waals surface area contributed by atoms with Crippen molar-refractivity contribution in [3.8, 4) is 5.75 Å². The third-order valence-corrected chi connectivity index (χ3v) is 8.69. The lowest BCUT2D eigenvalue weighted by Gasteiger charge is -2.25. The van der Waals surface area contributed by atoms with Gasteiger partial charge in [-0.25, -0.2) is 4.79 Å². The van der Waals surface area contributed by atoms with Crippen LogP contribution in [0, 0.1) is 0 Å². The van der Waals surface area contributed by atoms with Crippen molar-refractivity contribution in [1.29, 1.82) is 0 Å². The summed E-state index contributed by atoms with van der Waals surface area (Å²) in [7, 11) is 1.58. The number of cyclic esters (lactones) is 1. The fraction of sp³-hybridized carbons (Fsp3) is 0.393. The molecule has 2 N–H and O–H groups in total. The Morgan fingerprint density at radius 1 is 1.15 bits per heavy atom. The Labute approximate surface area is 229 Å². The van der Waals surface area contributed by atoms with E-state index >= 15 is 0 Å². The molecule has 0 aliphatic carbocycles. The van der Waals surface area contributed by atoms with Gasteiger partial charge in [0.2, 0.25) is 5.91 Å². The molecule has 204 valence electrons. The van der Waals surface area contributed by atoms with Crippen LogP contribution in [0.2, 0.25) is 0 Å². The quantitative estimate of drug-likeness (QED) is 0.462. The molecule has 4 heterocycles. The van der Waals surface area contributed by atoms with Crippen molar-refractivity contribution in [3.05, 3.63) is 58.9 Å². The number of nitrogens with zero attached hydrogens (tertiary/aromatic N) is 3. The van der Waals surface area contributed by atoms with Gasteiger partial charge in [-0.2, -0.15) is 0 Å². The van der Waals surface area contributed by atoms with Crippen molar-refractivity contribution < 1.29 is 24.2 Å². The molecular weight excluding hydrogens is 520 g/mol. The number of β-amino-alcohol motifs (C(OH)–C–C–N with tert-alkyl or cyclic N) is 1. The number of rotatable bonds is 7. The molecule has 2 atom stereocenters. The van der Waals surface area contributed by atoms with E-state index in [-0.39, 0.29) is 24.1 Å². The summed E-state index contributed by atoms with van der Waals surface area (Å²) >= 11 is 1.48. The van der Waals surface area contributed by atoms with Gasteiger partial charge in [-0.3, -0.25) is 14.5 Å². The Morgan fingerprint density at radius 3 is 2.85 bits per heavy atom. The normalized spacial score (nSPS) is 23.1. The number of nitrogens with one attached hydrogen (secondary N) is 1. The minimum absolute atomic E-state index is 0.0536. The number of amides is 2. The lowest BCUT2D eigenvalue weighted by Crippen LogP contribution is -2.41. The highest BCUT2D eigenvalue weighted by Gasteiger charge is 2.38. The second-order valence-corrected chi connectivity index (χ2v) is 11.4. The number of pyridine rings is 1. The molecule has 0 radical (unpaired) electrons. The second kappa shape index (κ2) is 10.2. The fourth-order valence-electron chi connectivity index (χ4n) is 5.56. The Hall–Kier alpha value is -3.54. The van der Waals surface area contributed by atoms with Crippen LogP contribution >= 0.6 is 11.8 Å². The van der Waals surface area contributed by atoms with Gasteiger partial charge in [-0.1, -0.05) is 0 Å². The van der Waals surface area contributed by atoms with Gasteiger partial charge in [0, 0.05) is 42.3 Å². The molecule has 2 aromatic carbocycles. The maximum atomic E-state index is 12.7. The Bertz CT molecular complexity index is 1510. The van der Waals surface area contributed by atoms with E-state index in [9.17, 15) is 19.5 Å². The Kier molecular flexibility index (Phi) is 6.74. The minimum atomic E-state index is -1.05. The minimum Gasteiger partial charge on any atom is -0.497 e. The molecule has 11 heteroatoms. The van der Waals surface area contributed by atoms with E-state index in [4.69, 9.17) is 9.47 Å². The maximum absolute atomic E-state index is 12.7. The number of fused-ring (bicyclic) bond motifs is 2. The van der Waals surface area contributed by atoms with Crippen molar-refractivity contribution in [1.82, 2.24) is 9.47 Å². The van der Waals surface area contributed by atoms with E-state index in [1.165, 1.54) is 17.8 Å². The third-order valence-electron chi connectivity index (χ3n) is 7.61. The predicted molar refractivity (Wildman–Crippen MR) is 149 cm³/mol. The van der Waals surface area contributed by atoms with Gasteiger partial charge in [-0.15, -0.1) is 11.8 Å². The lowest BCUT2D eigenvalue weighted by molar-refractivity contribution is -0.113. The van der Waals surface area contributed by atoms with Gasteiger partial charge in [0.1, 0.15) is 11.9 Å². The number of carbonyl (C=O) groups is 2. The first-order chi connectivity index (χ1) is 18.8. The van der Waals surface area contributed by atoms with Crippen LogP contribution in [-0.2, 0) is 16.1 Å². The van der Waals surface area contributed by atoms with Crippen molar-refractivity contribution in [2.75, 3.05) is 49.3 Å². The molecule has 10 nitrogen and oxygen atoms in total. The molecule has 3 aliphatic heterocycles. The van der Waals surface area contributed by atoms with Crippen LogP contribution in [0.1, 0.15) is 12.8 Å². The van der Waals surface area contributed by atoms with Crippen molar-refractivity contribution in [3.63, 3.8) is 0 Å². The number of carbonyl (C=O) groups excluding carboxylic acids is 2. The Morgan fingerprint density at radius 2 is 2.00 bits per heavy atom. The van der Waals surface area contributed by atoms with Crippen LogP contribution in [0.3, 0.4) is 0 Å². The highest BCUT2D eigenvalue weighted by Crippen LogP contribution is 2.36. The first-order valence-electron chi connectivity index (χ1n) is 13.0. The number of hydrogen-bond acceptors (Lipinski definition) is 8. The zero-order valence-electron chi connectivity index (χ0n) is 21.6. The molecule has 0 bridgehead atoms. The number of thioether (sulfide) groups is 1. The van der Waals surface area contributed by atoms with Crippen LogP contribution in [0.15, 0.2) is 58.2 Å². The molecule has 3 aromatic rings. The highest BCUT2D eigenvalue weighted by molar-refractivity contribution is 8.00. The predicted octanol–water partition coefficient (Wildman–Crippen LogP) is 2.91. The second-order valence-electron chi connectivity index (χ2n) is 10.4. The summed E-state index contributed by atoms with van der Waals surface area (Å²) in [5.41, 5.74) is 0.917. The third kappa shape index (κ3) is 5.21. The molecule has 3 aliphatic rings. The molecule has 6 rings (SSSR count). The molecule has 1 aromatic heterocycles. The first kappa shape index (κ1) is 25.7. The standard InChI is InChI=1S/C28H30N4O6S/c1-37-20-5-2-18-3-7-26(34)32(23(18)13-20)17-28(36)9-11-30(16-28)10-8-21-14-31(27(35)38-21)19-4-6-24-22(12-19)29-25(33)15-39-24/h2-7,12-13,21,36H,8-11,14-17H2,1H3,(H,29,33)/t21-,28+/m1/s1. The fourth-order valence-corrected chi connectivity index (χ4v) is 6.35. The monoisotopic (exact) mass is 550 g/mol. The van der Waals surface area contributed by atoms with Crippen LogP contribution in [0.4, 0.5) is 16.2 Å². The number of aromatic nitrogens is 1. The van der Waals surface area contributed by atoms with E-state index in [0.717, 1.165) is 15.8 Å². The number of benzene rings is 2. The van der Waals surface area contributed by atoms with E-state index in [0.29, 0.717) is 61.9 Å². The molecule has 39 heavy (non-hydrogen) atoms. The summed E-state index contributed by atoms with van der Waals surface area (Å²) in [4.78, 5) is 41.8. The van der Waals surface area contributed by atoms with Crippen molar-refractivity contribution in [2.45, 2.75) is 36.0 Å². The number of likely N-dealkylation sites (tertiary alicyclic amines) is 1. The van der Waals surface area contributed by atoms with E-state index < -0.39 is 11.7 Å².